The quantitative estimate of drug-likeness (QED) is 0.619. The molecule has 0 aliphatic heterocycles. The van der Waals surface area contributed by atoms with Crippen LogP contribution < -0.4 is 10.6 Å². The Labute approximate surface area is 140 Å². The van der Waals surface area contributed by atoms with E-state index in [9.17, 15) is 24.2 Å². The minimum Gasteiger partial charge on any atom is -0.390 e. The molecule has 0 heterocycles. The first-order chi connectivity index (χ1) is 11.2. The molecule has 0 bridgehead atoms. The number of hydrogen-bond donors (Lipinski definition) is 4. The van der Waals surface area contributed by atoms with Gasteiger partial charge in [0.2, 0.25) is 11.8 Å². The van der Waals surface area contributed by atoms with Crippen molar-refractivity contribution in [1.82, 2.24) is 10.6 Å². The Kier molecular flexibility index (Phi) is 5.56. The summed E-state index contributed by atoms with van der Waals surface area (Å²) >= 11 is 0. The zero-order valence-corrected chi connectivity index (χ0v) is 13.8. The van der Waals surface area contributed by atoms with E-state index in [-0.39, 0.29) is 18.1 Å². The number of amides is 2. The van der Waals surface area contributed by atoms with E-state index in [2.05, 4.69) is 10.6 Å². The molecule has 1 aliphatic rings. The largest absolute Gasteiger partial charge is 0.390 e. The molecule has 3 atom stereocenters. The average Bonchev–Trinajstić information content (AvgIpc) is 2.81. The predicted octanol–water partition coefficient (Wildman–Crippen LogP) is 0.263. The van der Waals surface area contributed by atoms with E-state index in [1.165, 1.54) is 24.3 Å². The van der Waals surface area contributed by atoms with Gasteiger partial charge in [0.15, 0.2) is 0 Å². The van der Waals surface area contributed by atoms with Crippen molar-refractivity contribution < 1.29 is 24.2 Å². The Hall–Kier alpha value is -1.99. The van der Waals surface area contributed by atoms with E-state index < -0.39 is 29.7 Å². The van der Waals surface area contributed by atoms with Crippen LogP contribution in [0.3, 0.4) is 0 Å². The number of rotatable bonds is 5. The molecule has 24 heavy (non-hydrogen) atoms. The minimum absolute atomic E-state index is 0.0295. The third-order valence-electron chi connectivity index (χ3n) is 4.19. The molecule has 132 valence electrons. The summed E-state index contributed by atoms with van der Waals surface area (Å²) in [6.45, 7) is 3.12. The SMILES string of the molecule is CC(C)(NC(=O)Cc1ccc(F)cc1)C(=O)N[C@@H]1CC[C@@H](O)[C@@H]1O. The minimum atomic E-state index is -1.18. The molecule has 2 amide bonds. The standard InChI is InChI=1S/C17H23FN2O4/c1-17(2,16(24)19-12-7-8-13(21)15(12)23)20-14(22)9-10-3-5-11(18)6-4-10/h3-6,12-13,15,21,23H,7-9H2,1-2H3,(H,19,24)(H,20,22)/t12-,13-,15-/m1/s1. The zero-order valence-electron chi connectivity index (χ0n) is 13.8. The lowest BCUT2D eigenvalue weighted by Gasteiger charge is -2.28. The first kappa shape index (κ1) is 18.4. The molecule has 1 saturated carbocycles. The van der Waals surface area contributed by atoms with Crippen molar-refractivity contribution in [3.8, 4) is 0 Å². The molecule has 2 rings (SSSR count). The monoisotopic (exact) mass is 338 g/mol. The highest BCUT2D eigenvalue weighted by molar-refractivity contribution is 5.91. The molecule has 4 N–H and O–H groups in total. The van der Waals surface area contributed by atoms with Crippen LogP contribution in [0.15, 0.2) is 24.3 Å². The molecule has 6 nitrogen and oxygen atoms in total. The first-order valence-corrected chi connectivity index (χ1v) is 7.91. The summed E-state index contributed by atoms with van der Waals surface area (Å²) in [5.41, 5.74) is -0.538. The highest BCUT2D eigenvalue weighted by atomic mass is 19.1. The highest BCUT2D eigenvalue weighted by Crippen LogP contribution is 2.20. The van der Waals surface area contributed by atoms with Gasteiger partial charge < -0.3 is 20.8 Å². The molecule has 0 spiro atoms. The Balaban J connectivity index is 1.90. The van der Waals surface area contributed by atoms with Crippen LogP contribution in [-0.2, 0) is 16.0 Å². The number of nitrogens with one attached hydrogen (secondary N) is 2. The smallest absolute Gasteiger partial charge is 0.245 e. The summed E-state index contributed by atoms with van der Waals surface area (Å²) in [5.74, 6) is -1.18. The number of carbonyl (C=O) groups is 2. The molecule has 0 unspecified atom stereocenters. The lowest BCUT2D eigenvalue weighted by molar-refractivity contribution is -0.133. The second-order valence-corrected chi connectivity index (χ2v) is 6.69. The van der Waals surface area contributed by atoms with Gasteiger partial charge in [0.05, 0.1) is 24.7 Å². The van der Waals surface area contributed by atoms with Gasteiger partial charge in [0.25, 0.3) is 0 Å². The highest BCUT2D eigenvalue weighted by Gasteiger charge is 2.38. The van der Waals surface area contributed by atoms with E-state index >= 15 is 0 Å². The summed E-state index contributed by atoms with van der Waals surface area (Å²) < 4.78 is 12.9. The number of carbonyl (C=O) groups excluding carboxylic acids is 2. The van der Waals surface area contributed by atoms with Gasteiger partial charge in [-0.3, -0.25) is 9.59 Å². The molecule has 7 heteroatoms. The summed E-state index contributed by atoms with van der Waals surface area (Å²) in [4.78, 5) is 24.4. The molecule has 0 aromatic heterocycles. The Morgan fingerprint density at radius 1 is 1.21 bits per heavy atom. The summed E-state index contributed by atoms with van der Waals surface area (Å²) in [6, 6.07) is 5.04. The van der Waals surface area contributed by atoms with Crippen LogP contribution in [0.25, 0.3) is 0 Å². The maximum Gasteiger partial charge on any atom is 0.245 e. The van der Waals surface area contributed by atoms with Gasteiger partial charge in [0.1, 0.15) is 11.4 Å². The van der Waals surface area contributed by atoms with Crippen LogP contribution in [0.5, 0.6) is 0 Å². The van der Waals surface area contributed by atoms with Gasteiger partial charge in [-0.1, -0.05) is 12.1 Å². The van der Waals surface area contributed by atoms with Crippen LogP contribution in [0, 0.1) is 5.82 Å². The fourth-order valence-corrected chi connectivity index (χ4v) is 2.70. The molecular formula is C17H23FN2O4. The number of hydrogen-bond acceptors (Lipinski definition) is 4. The normalized spacial score (nSPS) is 23.8. The van der Waals surface area contributed by atoms with Crippen molar-refractivity contribution >= 4 is 11.8 Å². The van der Waals surface area contributed by atoms with Gasteiger partial charge in [-0.15, -0.1) is 0 Å². The molecular weight excluding hydrogens is 315 g/mol. The molecule has 1 aliphatic carbocycles. The van der Waals surface area contributed by atoms with Crippen molar-refractivity contribution in [2.45, 2.75) is 56.9 Å². The van der Waals surface area contributed by atoms with Crippen molar-refractivity contribution in [2.75, 3.05) is 0 Å². The topological polar surface area (TPSA) is 98.7 Å². The number of halogens is 1. The predicted molar refractivity (Wildman–Crippen MR) is 85.5 cm³/mol. The van der Waals surface area contributed by atoms with E-state index in [1.54, 1.807) is 13.8 Å². The van der Waals surface area contributed by atoms with E-state index in [1.807, 2.05) is 0 Å². The number of aliphatic hydroxyl groups excluding tert-OH is 2. The Morgan fingerprint density at radius 3 is 2.38 bits per heavy atom. The first-order valence-electron chi connectivity index (χ1n) is 7.91. The fraction of sp³-hybridized carbons (Fsp3) is 0.529. The zero-order chi connectivity index (χ0) is 17.9. The molecule has 0 radical (unpaired) electrons. The summed E-state index contributed by atoms with van der Waals surface area (Å²) in [7, 11) is 0. The van der Waals surface area contributed by atoms with Gasteiger partial charge in [-0.2, -0.15) is 0 Å². The second-order valence-electron chi connectivity index (χ2n) is 6.69. The number of benzene rings is 1. The lowest BCUT2D eigenvalue weighted by atomic mass is 10.0. The summed E-state index contributed by atoms with van der Waals surface area (Å²) in [5, 5.41) is 24.6. The van der Waals surface area contributed by atoms with Crippen LogP contribution in [-0.4, -0.2) is 45.8 Å². The van der Waals surface area contributed by atoms with Crippen molar-refractivity contribution in [3.05, 3.63) is 35.6 Å². The number of aliphatic hydroxyl groups is 2. The third-order valence-corrected chi connectivity index (χ3v) is 4.19. The average molecular weight is 338 g/mol. The Morgan fingerprint density at radius 2 is 1.83 bits per heavy atom. The van der Waals surface area contributed by atoms with Crippen LogP contribution >= 0.6 is 0 Å². The van der Waals surface area contributed by atoms with Crippen LogP contribution in [0.1, 0.15) is 32.3 Å². The maximum atomic E-state index is 12.9. The third kappa shape index (κ3) is 4.52. The molecule has 1 aromatic rings. The summed E-state index contributed by atoms with van der Waals surface area (Å²) in [6.07, 6.45) is -0.912. The molecule has 0 saturated heterocycles. The molecule has 1 fully saturated rings. The van der Waals surface area contributed by atoms with Gasteiger partial charge >= 0.3 is 0 Å². The van der Waals surface area contributed by atoms with Crippen LogP contribution in [0.2, 0.25) is 0 Å². The van der Waals surface area contributed by atoms with Crippen molar-refractivity contribution in [1.29, 1.82) is 0 Å². The van der Waals surface area contributed by atoms with Gasteiger partial charge in [-0.05, 0) is 44.4 Å². The van der Waals surface area contributed by atoms with Crippen molar-refractivity contribution in [2.24, 2.45) is 0 Å². The molecule has 1 aromatic carbocycles. The van der Waals surface area contributed by atoms with E-state index in [0.29, 0.717) is 18.4 Å². The van der Waals surface area contributed by atoms with Crippen molar-refractivity contribution in [3.63, 3.8) is 0 Å². The fourth-order valence-electron chi connectivity index (χ4n) is 2.70. The van der Waals surface area contributed by atoms with Gasteiger partial charge in [-0.25, -0.2) is 4.39 Å². The lowest BCUT2D eigenvalue weighted by Crippen LogP contribution is -2.58. The van der Waals surface area contributed by atoms with Crippen LogP contribution in [0.4, 0.5) is 4.39 Å². The Bertz CT molecular complexity index is 603. The van der Waals surface area contributed by atoms with E-state index in [0.717, 1.165) is 0 Å². The maximum absolute atomic E-state index is 12.9. The van der Waals surface area contributed by atoms with Gasteiger partial charge in [0, 0.05) is 0 Å². The second kappa shape index (κ2) is 7.27. The van der Waals surface area contributed by atoms with E-state index in [4.69, 9.17) is 0 Å².